The number of fused-ring (bicyclic) bond motifs is 1. The number of ketones is 1. The van der Waals surface area contributed by atoms with Crippen molar-refractivity contribution in [1.82, 2.24) is 9.97 Å². The number of aromatic nitrogens is 2. The fourth-order valence-electron chi connectivity index (χ4n) is 2.66. The highest BCUT2D eigenvalue weighted by Gasteiger charge is 2.23. The second kappa shape index (κ2) is 6.45. The van der Waals surface area contributed by atoms with Gasteiger partial charge in [0.2, 0.25) is 5.78 Å². The number of hydrogen-bond acceptors (Lipinski definition) is 4. The van der Waals surface area contributed by atoms with E-state index < -0.39 is 5.97 Å². The molecule has 0 bridgehead atoms. The van der Waals surface area contributed by atoms with Crippen molar-refractivity contribution in [3.63, 3.8) is 0 Å². The molecule has 0 saturated heterocycles. The molecule has 0 unspecified atom stereocenters. The van der Waals surface area contributed by atoms with Crippen LogP contribution in [0.4, 0.5) is 0 Å². The Hall–Kier alpha value is -2.66. The van der Waals surface area contributed by atoms with Crippen molar-refractivity contribution >= 4 is 34.3 Å². The summed E-state index contributed by atoms with van der Waals surface area (Å²) in [5.41, 5.74) is 2.73. The number of carbonyl (C=O) groups excluding carboxylic acids is 2. The molecule has 0 spiro atoms. The molecule has 6 heteroatoms. The minimum atomic E-state index is -0.419. The Balaban J connectivity index is 2.19. The van der Waals surface area contributed by atoms with Gasteiger partial charge in [-0.3, -0.25) is 14.6 Å². The first-order chi connectivity index (χ1) is 11.5. The first-order valence-corrected chi connectivity index (χ1v) is 7.72. The number of benzene rings is 1. The summed E-state index contributed by atoms with van der Waals surface area (Å²) in [5.74, 6) is -0.683. The van der Waals surface area contributed by atoms with Crippen LogP contribution in [0.2, 0.25) is 5.02 Å². The Morgan fingerprint density at radius 2 is 2.08 bits per heavy atom. The molecular formula is C18H15ClN2O3. The normalized spacial score (nSPS) is 10.8. The molecule has 24 heavy (non-hydrogen) atoms. The summed E-state index contributed by atoms with van der Waals surface area (Å²) >= 11 is 6.03. The molecule has 5 nitrogen and oxygen atoms in total. The maximum atomic E-state index is 12.9. The van der Waals surface area contributed by atoms with E-state index in [0.717, 1.165) is 10.9 Å². The largest absolute Gasteiger partial charge is 0.469 e. The minimum Gasteiger partial charge on any atom is -0.469 e. The van der Waals surface area contributed by atoms with E-state index in [4.69, 9.17) is 16.3 Å². The summed E-state index contributed by atoms with van der Waals surface area (Å²) in [7, 11) is 1.32. The lowest BCUT2D eigenvalue weighted by Crippen LogP contribution is -2.12. The van der Waals surface area contributed by atoms with Gasteiger partial charge >= 0.3 is 5.97 Å². The Labute approximate surface area is 143 Å². The van der Waals surface area contributed by atoms with Gasteiger partial charge < -0.3 is 9.72 Å². The lowest BCUT2D eigenvalue weighted by atomic mass is 10.0. The van der Waals surface area contributed by atoms with Gasteiger partial charge in [-0.2, -0.15) is 0 Å². The maximum Gasteiger partial charge on any atom is 0.310 e. The van der Waals surface area contributed by atoms with Crippen LogP contribution in [0.15, 0.2) is 36.5 Å². The average molecular weight is 343 g/mol. The molecule has 0 radical (unpaired) electrons. The van der Waals surface area contributed by atoms with Crippen molar-refractivity contribution in [2.45, 2.75) is 13.3 Å². The molecular weight excluding hydrogens is 328 g/mol. The monoisotopic (exact) mass is 342 g/mol. The van der Waals surface area contributed by atoms with Gasteiger partial charge in [-0.25, -0.2) is 0 Å². The van der Waals surface area contributed by atoms with Gasteiger partial charge in [0, 0.05) is 27.7 Å². The molecule has 0 fully saturated rings. The Kier molecular flexibility index (Phi) is 4.36. The first kappa shape index (κ1) is 16.2. The Morgan fingerprint density at radius 3 is 2.79 bits per heavy atom. The van der Waals surface area contributed by atoms with E-state index >= 15 is 0 Å². The Bertz CT molecular complexity index is 947. The number of pyridine rings is 1. The second-order valence-corrected chi connectivity index (χ2v) is 5.86. The molecule has 1 aromatic carbocycles. The lowest BCUT2D eigenvalue weighted by molar-refractivity contribution is -0.139. The van der Waals surface area contributed by atoms with Crippen molar-refractivity contribution in [1.29, 1.82) is 0 Å². The number of ether oxygens (including phenoxy) is 1. The highest BCUT2D eigenvalue weighted by atomic mass is 35.5. The first-order valence-electron chi connectivity index (χ1n) is 7.34. The second-order valence-electron chi connectivity index (χ2n) is 5.42. The predicted octanol–water partition coefficient (Wildman–Crippen LogP) is 3.47. The zero-order chi connectivity index (χ0) is 17.3. The van der Waals surface area contributed by atoms with E-state index in [2.05, 4.69) is 9.97 Å². The van der Waals surface area contributed by atoms with E-state index in [1.807, 2.05) is 13.0 Å². The summed E-state index contributed by atoms with van der Waals surface area (Å²) in [6.07, 6.45) is 1.56. The molecule has 0 aliphatic carbocycles. The molecule has 122 valence electrons. The number of H-pyrrole nitrogens is 1. The molecule has 3 aromatic rings. The van der Waals surface area contributed by atoms with Crippen molar-refractivity contribution in [2.24, 2.45) is 0 Å². The van der Waals surface area contributed by atoms with Crippen molar-refractivity contribution in [3.05, 3.63) is 64.1 Å². The van der Waals surface area contributed by atoms with Crippen molar-refractivity contribution in [3.8, 4) is 0 Å². The summed E-state index contributed by atoms with van der Waals surface area (Å²) in [6.45, 7) is 1.82. The smallest absolute Gasteiger partial charge is 0.310 e. The van der Waals surface area contributed by atoms with Crippen molar-refractivity contribution in [2.75, 3.05) is 7.11 Å². The summed E-state index contributed by atoms with van der Waals surface area (Å²) in [5, 5.41) is 1.31. The van der Waals surface area contributed by atoms with E-state index in [9.17, 15) is 9.59 Å². The average Bonchev–Trinajstić information content (AvgIpc) is 2.92. The molecule has 2 aromatic heterocycles. The number of halogens is 1. The maximum absolute atomic E-state index is 12.9. The standard InChI is InChI=1S/C18H15ClN2O3/c1-10-4-3-7-20-16(10)18(23)17-13(9-15(22)24-2)12-6-5-11(19)8-14(12)21-17/h3-8,21H,9H2,1-2H3. The van der Waals surface area contributed by atoms with Crippen LogP contribution in [-0.2, 0) is 16.0 Å². The number of rotatable bonds is 4. The van der Waals surface area contributed by atoms with Crippen LogP contribution in [0, 0.1) is 6.92 Å². The van der Waals surface area contributed by atoms with Crippen LogP contribution in [0.3, 0.4) is 0 Å². The highest BCUT2D eigenvalue weighted by Crippen LogP contribution is 2.28. The third-order valence-corrected chi connectivity index (χ3v) is 4.10. The number of carbonyl (C=O) groups is 2. The molecule has 0 atom stereocenters. The fourth-order valence-corrected chi connectivity index (χ4v) is 2.84. The third-order valence-electron chi connectivity index (χ3n) is 3.87. The van der Waals surface area contributed by atoms with Crippen LogP contribution in [-0.4, -0.2) is 28.8 Å². The molecule has 2 heterocycles. The number of nitrogens with zero attached hydrogens (tertiary/aromatic N) is 1. The molecule has 0 aliphatic rings. The van der Waals surface area contributed by atoms with Crippen LogP contribution in [0.5, 0.6) is 0 Å². The number of methoxy groups -OCH3 is 1. The van der Waals surface area contributed by atoms with E-state index in [1.165, 1.54) is 7.11 Å². The zero-order valence-electron chi connectivity index (χ0n) is 13.2. The summed E-state index contributed by atoms with van der Waals surface area (Å²) in [4.78, 5) is 32.0. The number of aryl methyl sites for hydroxylation is 1. The van der Waals surface area contributed by atoms with Crippen LogP contribution in [0.25, 0.3) is 10.9 Å². The van der Waals surface area contributed by atoms with Gasteiger partial charge in [-0.1, -0.05) is 23.7 Å². The molecule has 3 rings (SSSR count). The SMILES string of the molecule is COC(=O)Cc1c(C(=O)c2ncccc2C)[nH]c2cc(Cl)ccc12. The van der Waals surface area contributed by atoms with E-state index in [1.54, 1.807) is 30.5 Å². The molecule has 0 saturated carbocycles. The lowest BCUT2D eigenvalue weighted by Gasteiger charge is -2.05. The topological polar surface area (TPSA) is 72.1 Å². The van der Waals surface area contributed by atoms with Gasteiger partial charge in [0.25, 0.3) is 0 Å². The van der Waals surface area contributed by atoms with E-state index in [0.29, 0.717) is 27.5 Å². The number of nitrogens with one attached hydrogen (secondary N) is 1. The minimum absolute atomic E-state index is 0.00884. The van der Waals surface area contributed by atoms with Gasteiger partial charge in [-0.15, -0.1) is 0 Å². The highest BCUT2D eigenvalue weighted by molar-refractivity contribution is 6.31. The number of aromatic amines is 1. The van der Waals surface area contributed by atoms with Crippen molar-refractivity contribution < 1.29 is 14.3 Å². The number of hydrogen-bond donors (Lipinski definition) is 1. The number of esters is 1. The van der Waals surface area contributed by atoms with Crippen LogP contribution in [0.1, 0.15) is 27.3 Å². The van der Waals surface area contributed by atoms with Gasteiger partial charge in [0.15, 0.2) is 0 Å². The fraction of sp³-hybridized carbons (Fsp3) is 0.167. The molecule has 1 N–H and O–H groups in total. The van der Waals surface area contributed by atoms with Gasteiger partial charge in [-0.05, 0) is 30.7 Å². The van der Waals surface area contributed by atoms with Gasteiger partial charge in [0.1, 0.15) is 5.69 Å². The van der Waals surface area contributed by atoms with E-state index in [-0.39, 0.29) is 12.2 Å². The molecule has 0 aliphatic heterocycles. The Morgan fingerprint density at radius 1 is 1.29 bits per heavy atom. The third kappa shape index (κ3) is 2.90. The summed E-state index contributed by atoms with van der Waals surface area (Å²) in [6, 6.07) is 8.82. The zero-order valence-corrected chi connectivity index (χ0v) is 14.0. The summed E-state index contributed by atoms with van der Waals surface area (Å²) < 4.78 is 4.75. The predicted molar refractivity (Wildman–Crippen MR) is 91.4 cm³/mol. The van der Waals surface area contributed by atoms with Crippen LogP contribution >= 0.6 is 11.6 Å². The molecule has 0 amide bonds. The van der Waals surface area contributed by atoms with Gasteiger partial charge in [0.05, 0.1) is 19.2 Å². The quantitative estimate of drug-likeness (QED) is 0.582. The van der Waals surface area contributed by atoms with Crippen LogP contribution < -0.4 is 0 Å².